The number of para-hydroxylation sites is 1. The van der Waals surface area contributed by atoms with Crippen LogP contribution in [-0.4, -0.2) is 15.9 Å². The molecule has 2 aromatic heterocycles. The minimum atomic E-state index is -0.302. The molecule has 0 aliphatic heterocycles. The van der Waals surface area contributed by atoms with E-state index in [-0.39, 0.29) is 11.7 Å². The molecule has 0 radical (unpaired) electrons. The van der Waals surface area contributed by atoms with Crippen LogP contribution < -0.4 is 10.6 Å². The largest absolute Gasteiger partial charge is 0.340 e. The molecule has 0 saturated carbocycles. The predicted octanol–water partition coefficient (Wildman–Crippen LogP) is 4.76. The maximum Gasteiger partial charge on any atom is 0.257 e. The normalized spacial score (nSPS) is 10.6. The van der Waals surface area contributed by atoms with Crippen LogP contribution in [-0.2, 0) is 0 Å². The number of anilines is 3. The van der Waals surface area contributed by atoms with Crippen LogP contribution in [0.1, 0.15) is 10.4 Å². The Morgan fingerprint density at radius 3 is 2.48 bits per heavy atom. The molecule has 0 fully saturated rings. The van der Waals surface area contributed by atoms with Crippen molar-refractivity contribution in [1.29, 1.82) is 0 Å². The highest BCUT2D eigenvalue weighted by Crippen LogP contribution is 2.21. The van der Waals surface area contributed by atoms with Crippen LogP contribution in [0.2, 0.25) is 0 Å². The lowest BCUT2D eigenvalue weighted by Crippen LogP contribution is -2.12. The van der Waals surface area contributed by atoms with Crippen molar-refractivity contribution in [1.82, 2.24) is 9.97 Å². The van der Waals surface area contributed by atoms with Gasteiger partial charge in [-0.1, -0.05) is 18.2 Å². The van der Waals surface area contributed by atoms with Crippen molar-refractivity contribution in [2.24, 2.45) is 0 Å². The lowest BCUT2D eigenvalue weighted by atomic mass is 10.2. The molecule has 4 rings (SSSR count). The maximum atomic E-state index is 13.0. The molecule has 0 aliphatic rings. The first-order valence-corrected chi connectivity index (χ1v) is 8.33. The molecule has 132 valence electrons. The number of aromatic nitrogens is 2. The molecule has 6 heteroatoms. The fourth-order valence-electron chi connectivity index (χ4n) is 2.68. The van der Waals surface area contributed by atoms with Gasteiger partial charge >= 0.3 is 0 Å². The first kappa shape index (κ1) is 16.7. The van der Waals surface area contributed by atoms with Crippen molar-refractivity contribution in [2.75, 3.05) is 10.6 Å². The molecule has 2 aromatic carbocycles. The Balaban J connectivity index is 1.50. The van der Waals surface area contributed by atoms with Gasteiger partial charge in [-0.15, -0.1) is 0 Å². The molecule has 2 heterocycles. The molecule has 0 atom stereocenters. The summed E-state index contributed by atoms with van der Waals surface area (Å²) in [7, 11) is 0. The number of carbonyl (C=O) groups is 1. The fraction of sp³-hybridized carbons (Fsp3) is 0. The summed E-state index contributed by atoms with van der Waals surface area (Å²) in [5.74, 6) is -0.0116. The molecule has 0 saturated heterocycles. The minimum absolute atomic E-state index is 0.269. The number of hydrogen-bond acceptors (Lipinski definition) is 4. The first-order valence-electron chi connectivity index (χ1n) is 8.33. The third kappa shape index (κ3) is 3.74. The zero-order valence-corrected chi connectivity index (χ0v) is 14.2. The molecule has 4 aromatic rings. The van der Waals surface area contributed by atoms with Crippen molar-refractivity contribution < 1.29 is 9.18 Å². The zero-order valence-electron chi connectivity index (χ0n) is 14.2. The summed E-state index contributed by atoms with van der Waals surface area (Å²) >= 11 is 0. The number of amides is 1. The highest BCUT2D eigenvalue weighted by Gasteiger charge is 2.09. The van der Waals surface area contributed by atoms with E-state index in [9.17, 15) is 9.18 Å². The van der Waals surface area contributed by atoms with Crippen molar-refractivity contribution in [2.45, 2.75) is 0 Å². The Kier molecular flexibility index (Phi) is 4.45. The van der Waals surface area contributed by atoms with Crippen molar-refractivity contribution in [3.63, 3.8) is 0 Å². The van der Waals surface area contributed by atoms with Crippen LogP contribution >= 0.6 is 0 Å². The zero-order chi connectivity index (χ0) is 18.6. The van der Waals surface area contributed by atoms with Gasteiger partial charge in [0.15, 0.2) is 0 Å². The summed E-state index contributed by atoms with van der Waals surface area (Å²) in [5.41, 5.74) is 2.51. The number of nitrogens with one attached hydrogen (secondary N) is 2. The molecule has 0 unspecified atom stereocenters. The van der Waals surface area contributed by atoms with E-state index in [0.29, 0.717) is 22.8 Å². The third-order valence-corrected chi connectivity index (χ3v) is 4.02. The van der Waals surface area contributed by atoms with Crippen molar-refractivity contribution in [3.05, 3.63) is 90.5 Å². The van der Waals surface area contributed by atoms with E-state index in [2.05, 4.69) is 20.6 Å². The highest BCUT2D eigenvalue weighted by molar-refractivity contribution is 6.08. The van der Waals surface area contributed by atoms with E-state index in [4.69, 9.17) is 0 Å². The molecule has 0 spiro atoms. The summed E-state index contributed by atoms with van der Waals surface area (Å²) < 4.78 is 13.0. The molecule has 5 nitrogen and oxygen atoms in total. The third-order valence-electron chi connectivity index (χ3n) is 4.02. The van der Waals surface area contributed by atoms with Gasteiger partial charge in [-0.2, -0.15) is 0 Å². The summed E-state index contributed by atoms with van der Waals surface area (Å²) in [4.78, 5) is 21.1. The standard InChI is InChI=1S/C21H15FN4O/c22-16-7-9-17(10-8-16)25-19-11-6-15(13-24-19)21(27)26-18-5-1-3-14-4-2-12-23-20(14)18/h1-13H,(H,24,25)(H,26,27). The number of carbonyl (C=O) groups excluding carboxylic acids is 1. The molecule has 2 N–H and O–H groups in total. The second kappa shape index (κ2) is 7.21. The van der Waals surface area contributed by atoms with Gasteiger partial charge in [0.05, 0.1) is 16.8 Å². The van der Waals surface area contributed by atoms with Gasteiger partial charge in [-0.25, -0.2) is 9.37 Å². The van der Waals surface area contributed by atoms with Gasteiger partial charge in [0, 0.05) is 23.5 Å². The molecule has 27 heavy (non-hydrogen) atoms. The van der Waals surface area contributed by atoms with E-state index < -0.39 is 0 Å². The van der Waals surface area contributed by atoms with E-state index >= 15 is 0 Å². The average molecular weight is 358 g/mol. The Morgan fingerprint density at radius 1 is 0.889 bits per heavy atom. The Morgan fingerprint density at radius 2 is 1.70 bits per heavy atom. The van der Waals surface area contributed by atoms with E-state index in [1.807, 2.05) is 30.3 Å². The maximum absolute atomic E-state index is 13.0. The van der Waals surface area contributed by atoms with Crippen LogP contribution in [0.3, 0.4) is 0 Å². The molecular weight excluding hydrogens is 343 g/mol. The SMILES string of the molecule is O=C(Nc1cccc2cccnc12)c1ccc(Nc2ccc(F)cc2)nc1. The van der Waals surface area contributed by atoms with E-state index in [1.165, 1.54) is 18.3 Å². The molecular formula is C21H15FN4O. The van der Waals surface area contributed by atoms with Crippen LogP contribution in [0.25, 0.3) is 10.9 Å². The fourth-order valence-corrected chi connectivity index (χ4v) is 2.68. The molecule has 1 amide bonds. The number of hydrogen-bond donors (Lipinski definition) is 2. The van der Waals surface area contributed by atoms with Gasteiger partial charge in [0.1, 0.15) is 11.6 Å². The second-order valence-corrected chi connectivity index (χ2v) is 5.90. The van der Waals surface area contributed by atoms with E-state index in [1.54, 1.807) is 30.5 Å². The lowest BCUT2D eigenvalue weighted by Gasteiger charge is -2.09. The number of halogens is 1. The quantitative estimate of drug-likeness (QED) is 0.552. The minimum Gasteiger partial charge on any atom is -0.340 e. The topological polar surface area (TPSA) is 66.9 Å². The second-order valence-electron chi connectivity index (χ2n) is 5.90. The van der Waals surface area contributed by atoms with Crippen LogP contribution in [0, 0.1) is 5.82 Å². The Bertz CT molecular complexity index is 1090. The van der Waals surface area contributed by atoms with Crippen LogP contribution in [0.15, 0.2) is 79.1 Å². The Hall–Kier alpha value is -3.80. The number of rotatable bonds is 4. The van der Waals surface area contributed by atoms with Gasteiger partial charge in [-0.3, -0.25) is 9.78 Å². The van der Waals surface area contributed by atoms with Gasteiger partial charge in [-0.05, 0) is 48.5 Å². The smallest absolute Gasteiger partial charge is 0.257 e. The van der Waals surface area contributed by atoms with Crippen molar-refractivity contribution >= 4 is 34.0 Å². The number of fused-ring (bicyclic) bond motifs is 1. The van der Waals surface area contributed by atoms with E-state index in [0.717, 1.165) is 10.9 Å². The highest BCUT2D eigenvalue weighted by atomic mass is 19.1. The summed E-state index contributed by atoms with van der Waals surface area (Å²) in [5, 5.41) is 6.88. The predicted molar refractivity (Wildman–Crippen MR) is 104 cm³/mol. The number of benzene rings is 2. The van der Waals surface area contributed by atoms with Gasteiger partial charge in [0.25, 0.3) is 5.91 Å². The lowest BCUT2D eigenvalue weighted by molar-refractivity contribution is 0.102. The van der Waals surface area contributed by atoms with Gasteiger partial charge in [0.2, 0.25) is 0 Å². The van der Waals surface area contributed by atoms with Crippen LogP contribution in [0.4, 0.5) is 21.6 Å². The number of pyridine rings is 2. The Labute approximate surface area is 154 Å². The van der Waals surface area contributed by atoms with Crippen molar-refractivity contribution in [3.8, 4) is 0 Å². The molecule has 0 aliphatic carbocycles. The first-order chi connectivity index (χ1) is 13.2. The van der Waals surface area contributed by atoms with Crippen LogP contribution in [0.5, 0.6) is 0 Å². The summed E-state index contributed by atoms with van der Waals surface area (Å²) in [6.07, 6.45) is 3.18. The monoisotopic (exact) mass is 358 g/mol. The summed E-state index contributed by atoms with van der Waals surface area (Å²) in [6, 6.07) is 18.7. The molecule has 0 bridgehead atoms. The number of nitrogens with zero attached hydrogens (tertiary/aromatic N) is 2. The summed E-state index contributed by atoms with van der Waals surface area (Å²) in [6.45, 7) is 0. The average Bonchev–Trinajstić information content (AvgIpc) is 2.70. The van der Waals surface area contributed by atoms with Gasteiger partial charge < -0.3 is 10.6 Å².